The Kier molecular flexibility index (Phi) is 5.95. The first-order valence-electron chi connectivity index (χ1n) is 7.75. The number of sulfonamides is 1. The Labute approximate surface area is 137 Å². The van der Waals surface area contributed by atoms with Gasteiger partial charge in [0.25, 0.3) is 0 Å². The first kappa shape index (κ1) is 17.7. The van der Waals surface area contributed by atoms with Crippen LogP contribution in [0.1, 0.15) is 31.9 Å². The molecule has 1 aromatic rings. The Morgan fingerprint density at radius 2 is 2.26 bits per heavy atom. The zero-order chi connectivity index (χ0) is 16.9. The zero-order valence-electron chi connectivity index (χ0n) is 13.5. The van der Waals surface area contributed by atoms with Gasteiger partial charge in [0, 0.05) is 12.6 Å². The van der Waals surface area contributed by atoms with Gasteiger partial charge in [-0.25, -0.2) is 13.4 Å². The third-order valence-electron chi connectivity index (χ3n) is 3.76. The van der Waals surface area contributed by atoms with E-state index in [-0.39, 0.29) is 18.2 Å². The molecule has 1 amide bonds. The summed E-state index contributed by atoms with van der Waals surface area (Å²) < 4.78 is 30.8. The van der Waals surface area contributed by atoms with Crippen molar-refractivity contribution in [1.29, 1.82) is 0 Å². The van der Waals surface area contributed by atoms with E-state index < -0.39 is 16.1 Å². The molecule has 1 atom stereocenters. The highest BCUT2D eigenvalue weighted by atomic mass is 32.2. The number of carbonyl (C=O) groups excluding carboxylic acids is 1. The van der Waals surface area contributed by atoms with Crippen molar-refractivity contribution in [1.82, 2.24) is 14.6 Å². The van der Waals surface area contributed by atoms with Crippen LogP contribution in [-0.4, -0.2) is 49.1 Å². The van der Waals surface area contributed by atoms with Gasteiger partial charge in [-0.1, -0.05) is 13.0 Å². The van der Waals surface area contributed by atoms with E-state index in [2.05, 4.69) is 10.3 Å². The molecule has 2 rings (SSSR count). The third kappa shape index (κ3) is 4.42. The maximum Gasteiger partial charge on any atom is 0.238 e. The lowest BCUT2D eigenvalue weighted by Crippen LogP contribution is -2.46. The van der Waals surface area contributed by atoms with Gasteiger partial charge in [0.05, 0.1) is 25.1 Å². The Bertz CT molecular complexity index is 648. The second kappa shape index (κ2) is 7.74. The molecule has 1 unspecified atom stereocenters. The second-order valence-corrected chi connectivity index (χ2v) is 7.51. The maximum atomic E-state index is 12.4. The predicted octanol–water partition coefficient (Wildman–Crippen LogP) is 0.911. The Morgan fingerprint density at radius 1 is 1.48 bits per heavy atom. The third-order valence-corrected chi connectivity index (χ3v) is 5.84. The smallest absolute Gasteiger partial charge is 0.238 e. The molecule has 0 aromatic carbocycles. The Morgan fingerprint density at radius 3 is 2.96 bits per heavy atom. The molecule has 2 heterocycles. The fraction of sp³-hybridized carbons (Fsp3) is 0.600. The van der Waals surface area contributed by atoms with E-state index in [9.17, 15) is 13.2 Å². The average Bonchev–Trinajstić information content (AvgIpc) is 3.03. The van der Waals surface area contributed by atoms with Crippen LogP contribution >= 0.6 is 0 Å². The first-order chi connectivity index (χ1) is 11.0. The molecule has 1 aliphatic heterocycles. The highest BCUT2D eigenvalue weighted by Crippen LogP contribution is 2.22. The molecule has 23 heavy (non-hydrogen) atoms. The van der Waals surface area contributed by atoms with Gasteiger partial charge in [-0.05, 0) is 25.3 Å². The van der Waals surface area contributed by atoms with Crippen molar-refractivity contribution < 1.29 is 17.9 Å². The van der Waals surface area contributed by atoms with Crippen LogP contribution in [0.15, 0.2) is 18.2 Å². The Balaban J connectivity index is 1.99. The van der Waals surface area contributed by atoms with Crippen molar-refractivity contribution >= 4 is 15.9 Å². The van der Waals surface area contributed by atoms with Crippen molar-refractivity contribution in [3.63, 3.8) is 0 Å². The molecular weight excluding hydrogens is 318 g/mol. The fourth-order valence-corrected chi connectivity index (χ4v) is 4.42. The number of amides is 1. The van der Waals surface area contributed by atoms with Crippen LogP contribution in [0.5, 0.6) is 5.88 Å². The minimum absolute atomic E-state index is 0.0776. The first-order valence-corrected chi connectivity index (χ1v) is 9.36. The van der Waals surface area contributed by atoms with E-state index in [1.807, 2.05) is 6.92 Å². The normalized spacial score (nSPS) is 18.8. The van der Waals surface area contributed by atoms with Crippen LogP contribution in [0, 0.1) is 0 Å². The van der Waals surface area contributed by atoms with Gasteiger partial charge in [-0.3, -0.25) is 4.79 Å². The molecular formula is C15H23N3O4S. The molecule has 1 aromatic heterocycles. The largest absolute Gasteiger partial charge is 0.481 e. The summed E-state index contributed by atoms with van der Waals surface area (Å²) >= 11 is 0. The van der Waals surface area contributed by atoms with Gasteiger partial charge in [-0.2, -0.15) is 4.31 Å². The number of methoxy groups -OCH3 is 1. The van der Waals surface area contributed by atoms with Gasteiger partial charge >= 0.3 is 0 Å². The number of hydrogen-bond acceptors (Lipinski definition) is 5. The lowest BCUT2D eigenvalue weighted by atomic mass is 10.2. The van der Waals surface area contributed by atoms with Crippen molar-refractivity contribution in [3.8, 4) is 5.88 Å². The molecule has 0 radical (unpaired) electrons. The van der Waals surface area contributed by atoms with E-state index in [1.54, 1.807) is 18.2 Å². The molecule has 7 nitrogen and oxygen atoms in total. The molecule has 0 bridgehead atoms. The van der Waals surface area contributed by atoms with Crippen LogP contribution in [0.3, 0.4) is 0 Å². The summed E-state index contributed by atoms with van der Waals surface area (Å²) in [4.78, 5) is 16.6. The van der Waals surface area contributed by atoms with E-state index in [4.69, 9.17) is 4.74 Å². The van der Waals surface area contributed by atoms with Crippen molar-refractivity contribution in [2.45, 2.75) is 38.8 Å². The van der Waals surface area contributed by atoms with Crippen molar-refractivity contribution in [3.05, 3.63) is 23.9 Å². The highest BCUT2D eigenvalue weighted by molar-refractivity contribution is 7.89. The summed E-state index contributed by atoms with van der Waals surface area (Å²) in [7, 11) is -1.83. The summed E-state index contributed by atoms with van der Waals surface area (Å²) in [5, 5.41) is 2.77. The predicted molar refractivity (Wildman–Crippen MR) is 86.4 cm³/mol. The molecule has 8 heteroatoms. The van der Waals surface area contributed by atoms with Crippen molar-refractivity contribution in [2.75, 3.05) is 19.4 Å². The number of ether oxygens (including phenoxy) is 1. The lowest BCUT2D eigenvalue weighted by Gasteiger charge is -2.23. The molecule has 0 aliphatic carbocycles. The van der Waals surface area contributed by atoms with Gasteiger partial charge in [0.15, 0.2) is 0 Å². The van der Waals surface area contributed by atoms with Crippen LogP contribution in [0.2, 0.25) is 0 Å². The van der Waals surface area contributed by atoms with E-state index >= 15 is 0 Å². The number of hydrogen-bond donors (Lipinski definition) is 1. The zero-order valence-corrected chi connectivity index (χ0v) is 14.3. The number of nitrogens with one attached hydrogen (secondary N) is 1. The monoisotopic (exact) mass is 341 g/mol. The molecule has 0 spiro atoms. The van der Waals surface area contributed by atoms with Crippen LogP contribution in [-0.2, 0) is 21.4 Å². The minimum Gasteiger partial charge on any atom is -0.481 e. The highest BCUT2D eigenvalue weighted by Gasteiger charge is 2.37. The van der Waals surface area contributed by atoms with Crippen LogP contribution in [0.4, 0.5) is 0 Å². The number of pyridine rings is 1. The average molecular weight is 341 g/mol. The molecule has 128 valence electrons. The quantitative estimate of drug-likeness (QED) is 0.796. The van der Waals surface area contributed by atoms with Gasteiger partial charge in [-0.15, -0.1) is 0 Å². The van der Waals surface area contributed by atoms with Gasteiger partial charge < -0.3 is 10.1 Å². The van der Waals surface area contributed by atoms with Crippen molar-refractivity contribution in [2.24, 2.45) is 0 Å². The van der Waals surface area contributed by atoms with E-state index in [0.717, 1.165) is 0 Å². The van der Waals surface area contributed by atoms with E-state index in [1.165, 1.54) is 11.4 Å². The molecule has 0 saturated carbocycles. The fourth-order valence-electron chi connectivity index (χ4n) is 2.68. The summed E-state index contributed by atoms with van der Waals surface area (Å²) in [6.45, 7) is 2.48. The topological polar surface area (TPSA) is 88.6 Å². The number of carbonyl (C=O) groups is 1. The summed E-state index contributed by atoms with van der Waals surface area (Å²) in [6.07, 6.45) is 1.81. The SMILES string of the molecule is CCCS(=O)(=O)N1CCCC1C(=O)NCc1cccc(OC)n1. The van der Waals surface area contributed by atoms with Crippen LogP contribution in [0.25, 0.3) is 0 Å². The van der Waals surface area contributed by atoms with Gasteiger partial charge in [0.2, 0.25) is 21.8 Å². The molecule has 1 fully saturated rings. The minimum atomic E-state index is -3.36. The molecule has 1 saturated heterocycles. The Hall–Kier alpha value is -1.67. The van der Waals surface area contributed by atoms with Crippen LogP contribution < -0.4 is 10.1 Å². The molecule has 1 N–H and O–H groups in total. The maximum absolute atomic E-state index is 12.4. The standard InChI is InChI=1S/C15H23N3O4S/c1-3-10-23(20,21)18-9-5-7-13(18)15(19)16-11-12-6-4-8-14(17-12)22-2/h4,6,8,13H,3,5,7,9-11H2,1-2H3,(H,16,19). The second-order valence-electron chi connectivity index (χ2n) is 5.47. The van der Waals surface area contributed by atoms with E-state index in [0.29, 0.717) is 37.4 Å². The van der Waals surface area contributed by atoms with Gasteiger partial charge in [0.1, 0.15) is 6.04 Å². The lowest BCUT2D eigenvalue weighted by molar-refractivity contribution is -0.124. The summed E-state index contributed by atoms with van der Waals surface area (Å²) in [5.74, 6) is 0.283. The number of aromatic nitrogens is 1. The number of rotatable bonds is 7. The summed E-state index contributed by atoms with van der Waals surface area (Å²) in [5.41, 5.74) is 0.665. The number of nitrogens with zero attached hydrogens (tertiary/aromatic N) is 2. The molecule has 1 aliphatic rings. The summed E-state index contributed by atoms with van der Waals surface area (Å²) in [6, 6.07) is 4.68.